The average Bonchev–Trinajstić information content (AvgIpc) is 3.15. The Morgan fingerprint density at radius 1 is 0.958 bits per heavy atom. The van der Waals surface area contributed by atoms with Crippen LogP contribution < -0.4 is 0 Å². The van der Waals surface area contributed by atoms with Gasteiger partial charge in [0.05, 0.1) is 17.3 Å². The molecule has 0 unspecified atom stereocenters. The number of rotatable bonds is 8. The molecular formula is C35H50O13. The number of hydrogen-bond donors (Lipinski definition) is 1. The third-order valence-electron chi connectivity index (χ3n) is 9.55. The van der Waals surface area contributed by atoms with E-state index in [2.05, 4.69) is 6.58 Å². The molecule has 0 spiro atoms. The minimum Gasteiger partial charge on any atom is -0.461 e. The standard InChI is InChI=1S/C35H50O13/c1-16(2)12-28(39)46-24-15-26(47-32(40)17(3)4)34(11)29(19(6)13-25(43-21(8)36)30(34)44-22(9)37)31(45-23(10)38)35(42)20(7)33(41)48-27(35)14-18(24)5/h14,16-17,20,24-27,29-31,42H,6,12-13,15H2,1-5,7-11H3/b18-14-/t20-,24+,25-,26-,27-,29+,30-,31-,34+,35-/m1/s1. The fourth-order valence-corrected chi connectivity index (χ4v) is 7.19. The molecular weight excluding hydrogens is 628 g/mol. The molecule has 0 amide bonds. The highest BCUT2D eigenvalue weighted by Gasteiger charge is 2.69. The van der Waals surface area contributed by atoms with Gasteiger partial charge in [-0.25, -0.2) is 0 Å². The van der Waals surface area contributed by atoms with Crippen molar-refractivity contribution in [2.24, 2.45) is 29.1 Å². The lowest BCUT2D eigenvalue weighted by Crippen LogP contribution is -2.68. The van der Waals surface area contributed by atoms with Crippen LogP contribution in [0, 0.1) is 29.1 Å². The Balaban J connectivity index is 2.49. The molecule has 1 aliphatic heterocycles. The fraction of sp³-hybridized carbons (Fsp3) is 0.714. The summed E-state index contributed by atoms with van der Waals surface area (Å²) in [7, 11) is 0. The predicted octanol–water partition coefficient (Wildman–Crippen LogP) is 3.53. The van der Waals surface area contributed by atoms with Crippen molar-refractivity contribution >= 4 is 35.8 Å². The first-order valence-corrected chi connectivity index (χ1v) is 16.3. The van der Waals surface area contributed by atoms with Gasteiger partial charge in [-0.3, -0.25) is 28.8 Å². The van der Waals surface area contributed by atoms with Gasteiger partial charge in [0.25, 0.3) is 0 Å². The van der Waals surface area contributed by atoms with Crippen molar-refractivity contribution in [3.63, 3.8) is 0 Å². The molecule has 3 aliphatic rings. The van der Waals surface area contributed by atoms with E-state index < -0.39 is 101 Å². The van der Waals surface area contributed by atoms with Crippen molar-refractivity contribution in [2.45, 2.75) is 131 Å². The maximum atomic E-state index is 13.4. The molecule has 1 N–H and O–H groups in total. The van der Waals surface area contributed by atoms with E-state index in [1.54, 1.807) is 27.7 Å². The summed E-state index contributed by atoms with van der Waals surface area (Å²) < 4.78 is 35.4. The van der Waals surface area contributed by atoms with E-state index in [0.717, 1.165) is 13.8 Å². The quantitative estimate of drug-likeness (QED) is 0.224. The maximum absolute atomic E-state index is 13.4. The monoisotopic (exact) mass is 678 g/mol. The molecule has 1 heterocycles. The van der Waals surface area contributed by atoms with Gasteiger partial charge in [0.15, 0.2) is 11.7 Å². The van der Waals surface area contributed by atoms with Crippen molar-refractivity contribution in [3.8, 4) is 0 Å². The molecule has 13 nitrogen and oxygen atoms in total. The smallest absolute Gasteiger partial charge is 0.312 e. The Labute approximate surface area is 281 Å². The Morgan fingerprint density at radius 2 is 1.52 bits per heavy atom. The number of carbonyl (C=O) groups excluding carboxylic acids is 6. The highest BCUT2D eigenvalue weighted by Crippen LogP contribution is 2.57. The van der Waals surface area contributed by atoms with E-state index in [9.17, 15) is 33.9 Å². The van der Waals surface area contributed by atoms with Crippen molar-refractivity contribution in [1.82, 2.24) is 0 Å². The summed E-state index contributed by atoms with van der Waals surface area (Å²) in [5.74, 6) is -7.41. The van der Waals surface area contributed by atoms with Gasteiger partial charge >= 0.3 is 35.8 Å². The van der Waals surface area contributed by atoms with E-state index in [-0.39, 0.29) is 30.8 Å². The lowest BCUT2D eigenvalue weighted by atomic mass is 9.54. The zero-order valence-electron chi connectivity index (χ0n) is 29.5. The third kappa shape index (κ3) is 7.76. The summed E-state index contributed by atoms with van der Waals surface area (Å²) in [6.07, 6.45) is -6.68. The molecule has 3 rings (SSSR count). The van der Waals surface area contributed by atoms with Crippen LogP contribution in [0.25, 0.3) is 0 Å². The number of fused-ring (bicyclic) bond motifs is 2. The lowest BCUT2D eigenvalue weighted by Gasteiger charge is -2.57. The molecule has 13 heteroatoms. The molecule has 0 bridgehead atoms. The van der Waals surface area contributed by atoms with Gasteiger partial charge in [0.1, 0.15) is 30.5 Å². The van der Waals surface area contributed by atoms with Gasteiger partial charge in [0, 0.05) is 46.0 Å². The minimum absolute atomic E-state index is 0.0523. The first-order valence-electron chi connectivity index (χ1n) is 16.3. The van der Waals surface area contributed by atoms with Crippen LogP contribution in [0.5, 0.6) is 0 Å². The Kier molecular flexibility index (Phi) is 11.9. The highest BCUT2D eigenvalue weighted by molar-refractivity contribution is 5.78. The molecule has 0 aromatic heterocycles. The van der Waals surface area contributed by atoms with Gasteiger partial charge in [-0.05, 0) is 31.4 Å². The van der Waals surface area contributed by atoms with Crippen LogP contribution in [0.4, 0.5) is 0 Å². The van der Waals surface area contributed by atoms with Gasteiger partial charge in [-0.1, -0.05) is 46.8 Å². The second-order valence-electron chi connectivity index (χ2n) is 14.2. The second-order valence-corrected chi connectivity index (χ2v) is 14.2. The normalized spacial score (nSPS) is 36.1. The molecule has 2 aliphatic carbocycles. The van der Waals surface area contributed by atoms with Gasteiger partial charge in [-0.2, -0.15) is 0 Å². The maximum Gasteiger partial charge on any atom is 0.312 e. The third-order valence-corrected chi connectivity index (χ3v) is 9.55. The highest BCUT2D eigenvalue weighted by atomic mass is 16.6. The SMILES string of the molecule is C=C1C[C@@H](OC(C)=O)[C@@H](OC(C)=O)[C@@]2(C)[C@H](OC(=O)C(C)C)C[C@H](OC(=O)CC(C)C)/C(C)=C\[C@H]3OC(=O)[C@@H](C)[C@]3(O)[C@H](OC(C)=O)[C@H]12. The summed E-state index contributed by atoms with van der Waals surface area (Å²) in [6, 6.07) is 0. The van der Waals surface area contributed by atoms with E-state index in [4.69, 9.17) is 28.4 Å². The fourth-order valence-electron chi connectivity index (χ4n) is 7.19. The van der Waals surface area contributed by atoms with Gasteiger partial charge in [-0.15, -0.1) is 0 Å². The summed E-state index contributed by atoms with van der Waals surface area (Å²) in [5, 5.41) is 12.7. The van der Waals surface area contributed by atoms with Crippen LogP contribution in [-0.2, 0) is 57.2 Å². The van der Waals surface area contributed by atoms with Crippen LogP contribution in [0.2, 0.25) is 0 Å². The largest absolute Gasteiger partial charge is 0.461 e. The number of ether oxygens (including phenoxy) is 6. The van der Waals surface area contributed by atoms with E-state index >= 15 is 0 Å². The number of carbonyl (C=O) groups is 6. The van der Waals surface area contributed by atoms with Crippen LogP contribution in [0.1, 0.15) is 88.5 Å². The van der Waals surface area contributed by atoms with Gasteiger partial charge < -0.3 is 33.5 Å². The van der Waals surface area contributed by atoms with Crippen molar-refractivity contribution in [3.05, 3.63) is 23.8 Å². The summed E-state index contributed by atoms with van der Waals surface area (Å²) in [4.78, 5) is 77.7. The second kappa shape index (κ2) is 14.8. The van der Waals surface area contributed by atoms with Crippen molar-refractivity contribution in [1.29, 1.82) is 0 Å². The molecule has 2 fully saturated rings. The first-order chi connectivity index (χ1) is 22.1. The molecule has 0 aromatic rings. The topological polar surface area (TPSA) is 178 Å². The van der Waals surface area contributed by atoms with Crippen LogP contribution in [-0.4, -0.2) is 83.1 Å². The Bertz CT molecular complexity index is 1350. The molecule has 1 saturated heterocycles. The zero-order chi connectivity index (χ0) is 36.5. The van der Waals surface area contributed by atoms with E-state index in [1.807, 2.05) is 13.8 Å². The number of aliphatic hydroxyl groups is 1. The molecule has 10 atom stereocenters. The van der Waals surface area contributed by atoms with Gasteiger partial charge in [0.2, 0.25) is 0 Å². The summed E-state index contributed by atoms with van der Waals surface area (Å²) >= 11 is 0. The van der Waals surface area contributed by atoms with Crippen LogP contribution >= 0.6 is 0 Å². The molecule has 0 aromatic carbocycles. The number of esters is 6. The van der Waals surface area contributed by atoms with Crippen molar-refractivity contribution in [2.75, 3.05) is 0 Å². The van der Waals surface area contributed by atoms with Crippen LogP contribution in [0.3, 0.4) is 0 Å². The Morgan fingerprint density at radius 3 is 2.04 bits per heavy atom. The molecule has 48 heavy (non-hydrogen) atoms. The lowest BCUT2D eigenvalue weighted by molar-refractivity contribution is -0.238. The number of hydrogen-bond acceptors (Lipinski definition) is 13. The zero-order valence-corrected chi connectivity index (χ0v) is 29.5. The van der Waals surface area contributed by atoms with Crippen LogP contribution in [0.15, 0.2) is 23.8 Å². The average molecular weight is 679 g/mol. The van der Waals surface area contributed by atoms with Crippen molar-refractivity contribution < 1.29 is 62.3 Å². The molecule has 0 radical (unpaired) electrons. The van der Waals surface area contributed by atoms with E-state index in [0.29, 0.717) is 5.57 Å². The first kappa shape index (κ1) is 38.7. The van der Waals surface area contributed by atoms with E-state index in [1.165, 1.54) is 19.9 Å². The predicted molar refractivity (Wildman–Crippen MR) is 168 cm³/mol. The molecule has 1 saturated carbocycles. The molecule has 268 valence electrons. The minimum atomic E-state index is -2.25. The Hall–Kier alpha value is -3.74. The summed E-state index contributed by atoms with van der Waals surface area (Å²) in [5.41, 5.74) is -3.30. The summed E-state index contributed by atoms with van der Waals surface area (Å²) in [6.45, 7) is 19.3.